The number of ether oxygens (including phenoxy) is 1. The fourth-order valence-electron chi connectivity index (χ4n) is 1.92. The lowest BCUT2D eigenvalue weighted by Gasteiger charge is -2.32. The first-order chi connectivity index (χ1) is 7.06. The third-order valence-corrected chi connectivity index (χ3v) is 2.87. The van der Waals surface area contributed by atoms with Crippen molar-refractivity contribution in [3.63, 3.8) is 0 Å². The molecule has 0 aromatic rings. The number of hydrogen-bond acceptors (Lipinski definition) is 3. The van der Waals surface area contributed by atoms with E-state index in [1.165, 1.54) is 0 Å². The van der Waals surface area contributed by atoms with Crippen LogP contribution in [0.5, 0.6) is 0 Å². The van der Waals surface area contributed by atoms with Crippen LogP contribution < -0.4 is 0 Å². The van der Waals surface area contributed by atoms with E-state index in [0.717, 1.165) is 12.8 Å². The van der Waals surface area contributed by atoms with E-state index in [0.29, 0.717) is 18.6 Å². The molecule has 4 nitrogen and oxygen atoms in total. The van der Waals surface area contributed by atoms with Crippen molar-refractivity contribution < 1.29 is 14.6 Å². The van der Waals surface area contributed by atoms with E-state index in [1.807, 2.05) is 0 Å². The molecule has 0 heterocycles. The monoisotopic (exact) mass is 215 g/mol. The van der Waals surface area contributed by atoms with Crippen molar-refractivity contribution >= 4 is 5.97 Å². The third-order valence-electron chi connectivity index (χ3n) is 2.87. The van der Waals surface area contributed by atoms with Crippen LogP contribution in [0.15, 0.2) is 0 Å². The number of methoxy groups -OCH3 is 1. The van der Waals surface area contributed by atoms with Crippen molar-refractivity contribution in [1.82, 2.24) is 4.90 Å². The lowest BCUT2D eigenvalue weighted by Crippen LogP contribution is -2.46. The van der Waals surface area contributed by atoms with Crippen molar-refractivity contribution in [2.75, 3.05) is 20.3 Å². The van der Waals surface area contributed by atoms with Crippen molar-refractivity contribution in [3.05, 3.63) is 0 Å². The van der Waals surface area contributed by atoms with Crippen LogP contribution in [0.25, 0.3) is 0 Å². The van der Waals surface area contributed by atoms with Gasteiger partial charge in [0.15, 0.2) is 0 Å². The molecular formula is C11H21NO3. The van der Waals surface area contributed by atoms with E-state index < -0.39 is 5.97 Å². The van der Waals surface area contributed by atoms with Crippen LogP contribution in [0.4, 0.5) is 0 Å². The van der Waals surface area contributed by atoms with Crippen LogP contribution in [-0.2, 0) is 9.53 Å². The van der Waals surface area contributed by atoms with E-state index in [-0.39, 0.29) is 12.6 Å². The van der Waals surface area contributed by atoms with Gasteiger partial charge in [0, 0.05) is 19.2 Å². The summed E-state index contributed by atoms with van der Waals surface area (Å²) in [4.78, 5) is 12.9. The highest BCUT2D eigenvalue weighted by Gasteiger charge is 2.36. The Morgan fingerprint density at radius 3 is 2.47 bits per heavy atom. The van der Waals surface area contributed by atoms with E-state index >= 15 is 0 Å². The predicted octanol–water partition coefficient (Wildman–Crippen LogP) is 1.21. The Morgan fingerprint density at radius 1 is 1.53 bits per heavy atom. The topological polar surface area (TPSA) is 49.8 Å². The average Bonchev–Trinajstić information content (AvgIpc) is 2.93. The quantitative estimate of drug-likeness (QED) is 0.693. The third kappa shape index (κ3) is 3.80. The van der Waals surface area contributed by atoms with Gasteiger partial charge in [-0.15, -0.1) is 0 Å². The summed E-state index contributed by atoms with van der Waals surface area (Å²) in [6.45, 7) is 4.97. The zero-order valence-electron chi connectivity index (χ0n) is 9.77. The van der Waals surface area contributed by atoms with E-state index in [4.69, 9.17) is 9.84 Å². The molecule has 0 spiro atoms. The molecule has 1 aliphatic carbocycles. The normalized spacial score (nSPS) is 18.5. The van der Waals surface area contributed by atoms with Crippen molar-refractivity contribution in [2.45, 2.75) is 38.8 Å². The molecule has 0 aliphatic heterocycles. The van der Waals surface area contributed by atoms with Gasteiger partial charge < -0.3 is 9.84 Å². The maximum atomic E-state index is 10.8. The van der Waals surface area contributed by atoms with Gasteiger partial charge in [-0.1, -0.05) is 13.8 Å². The second-order valence-electron chi connectivity index (χ2n) is 4.56. The largest absolute Gasteiger partial charge is 0.480 e. The minimum atomic E-state index is -0.747. The smallest absolute Gasteiger partial charge is 0.317 e. The molecule has 4 heteroatoms. The molecule has 1 fully saturated rings. The molecule has 0 aromatic heterocycles. The van der Waals surface area contributed by atoms with E-state index in [2.05, 4.69) is 18.7 Å². The zero-order valence-corrected chi connectivity index (χ0v) is 9.77. The van der Waals surface area contributed by atoms with Gasteiger partial charge in [0.2, 0.25) is 0 Å². The summed E-state index contributed by atoms with van der Waals surface area (Å²) in [5.41, 5.74) is 0. The van der Waals surface area contributed by atoms with Gasteiger partial charge in [0.1, 0.15) is 0 Å². The number of carboxylic acid groups (broad SMARTS) is 1. The molecule has 0 aromatic carbocycles. The molecule has 15 heavy (non-hydrogen) atoms. The molecule has 1 unspecified atom stereocenters. The van der Waals surface area contributed by atoms with Crippen molar-refractivity contribution in [3.8, 4) is 0 Å². The van der Waals surface area contributed by atoms with E-state index in [1.54, 1.807) is 7.11 Å². The minimum Gasteiger partial charge on any atom is -0.480 e. The molecule has 1 aliphatic rings. The Hall–Kier alpha value is -0.610. The highest BCUT2D eigenvalue weighted by Crippen LogP contribution is 2.30. The summed E-state index contributed by atoms with van der Waals surface area (Å²) < 4.78 is 5.17. The second kappa shape index (κ2) is 5.47. The second-order valence-corrected chi connectivity index (χ2v) is 4.56. The van der Waals surface area contributed by atoms with Gasteiger partial charge in [-0.05, 0) is 18.8 Å². The molecule has 0 saturated heterocycles. The lowest BCUT2D eigenvalue weighted by atomic mass is 10.0. The zero-order chi connectivity index (χ0) is 11.4. The molecule has 0 amide bonds. The number of carbonyl (C=O) groups is 1. The van der Waals surface area contributed by atoms with Crippen LogP contribution in [0.3, 0.4) is 0 Å². The van der Waals surface area contributed by atoms with Crippen LogP contribution in [0, 0.1) is 5.92 Å². The van der Waals surface area contributed by atoms with Gasteiger partial charge in [-0.25, -0.2) is 0 Å². The maximum Gasteiger partial charge on any atom is 0.317 e. The molecule has 1 N–H and O–H groups in total. The van der Waals surface area contributed by atoms with Gasteiger partial charge in [0.05, 0.1) is 13.2 Å². The number of nitrogens with zero attached hydrogens (tertiary/aromatic N) is 1. The van der Waals surface area contributed by atoms with Crippen LogP contribution in [0.1, 0.15) is 26.7 Å². The first-order valence-corrected chi connectivity index (χ1v) is 5.52. The summed E-state index contributed by atoms with van der Waals surface area (Å²) in [6, 6.07) is 0.683. The van der Waals surface area contributed by atoms with Crippen molar-refractivity contribution in [2.24, 2.45) is 5.92 Å². The maximum absolute atomic E-state index is 10.8. The molecule has 0 radical (unpaired) electrons. The molecule has 1 saturated carbocycles. The van der Waals surface area contributed by atoms with Gasteiger partial charge in [-0.3, -0.25) is 9.69 Å². The number of rotatable bonds is 7. The predicted molar refractivity (Wildman–Crippen MR) is 57.9 cm³/mol. The fraction of sp³-hybridized carbons (Fsp3) is 0.909. The summed E-state index contributed by atoms with van der Waals surface area (Å²) >= 11 is 0. The Labute approximate surface area is 91.2 Å². The fourth-order valence-corrected chi connectivity index (χ4v) is 1.92. The van der Waals surface area contributed by atoms with Crippen LogP contribution in [-0.4, -0.2) is 48.3 Å². The molecular weight excluding hydrogens is 194 g/mol. The minimum absolute atomic E-state index is 0.136. The summed E-state index contributed by atoms with van der Waals surface area (Å²) in [5.74, 6) is -0.325. The molecule has 1 rings (SSSR count). The Morgan fingerprint density at radius 2 is 2.13 bits per heavy atom. The SMILES string of the molecule is COCC(C(C)C)N(CC(=O)O)C1CC1. The highest BCUT2D eigenvalue weighted by molar-refractivity contribution is 5.69. The number of aliphatic carboxylic acids is 1. The first kappa shape index (κ1) is 12.5. The first-order valence-electron chi connectivity index (χ1n) is 5.52. The summed E-state index contributed by atoms with van der Waals surface area (Å²) in [6.07, 6.45) is 2.25. The van der Waals surface area contributed by atoms with Crippen molar-refractivity contribution in [1.29, 1.82) is 0 Å². The summed E-state index contributed by atoms with van der Waals surface area (Å²) in [5, 5.41) is 8.88. The standard InChI is InChI=1S/C11H21NO3/c1-8(2)10(7-15-3)12(6-11(13)14)9-4-5-9/h8-10H,4-7H2,1-3H3,(H,13,14). The van der Waals surface area contributed by atoms with Crippen LogP contribution >= 0.6 is 0 Å². The highest BCUT2D eigenvalue weighted by atomic mass is 16.5. The average molecular weight is 215 g/mol. The summed E-state index contributed by atoms with van der Waals surface area (Å²) in [7, 11) is 1.67. The Balaban J connectivity index is 2.60. The molecule has 1 atom stereocenters. The number of hydrogen-bond donors (Lipinski definition) is 1. The van der Waals surface area contributed by atoms with Gasteiger partial charge in [0.25, 0.3) is 0 Å². The number of carboxylic acids is 1. The van der Waals surface area contributed by atoms with Gasteiger partial charge in [-0.2, -0.15) is 0 Å². The lowest BCUT2D eigenvalue weighted by molar-refractivity contribution is -0.139. The Bertz CT molecular complexity index is 214. The molecule has 88 valence electrons. The Kier molecular flexibility index (Phi) is 4.54. The van der Waals surface area contributed by atoms with E-state index in [9.17, 15) is 4.79 Å². The van der Waals surface area contributed by atoms with Crippen LogP contribution in [0.2, 0.25) is 0 Å². The van der Waals surface area contributed by atoms with Gasteiger partial charge >= 0.3 is 5.97 Å². The molecule has 0 bridgehead atoms.